The Morgan fingerprint density at radius 3 is 2.64 bits per heavy atom. The van der Waals surface area contributed by atoms with E-state index in [9.17, 15) is 4.39 Å². The average molecular weight is 299 g/mol. The average Bonchev–Trinajstić information content (AvgIpc) is 2.81. The Kier molecular flexibility index (Phi) is 4.80. The van der Waals surface area contributed by atoms with E-state index in [2.05, 4.69) is 27.3 Å². The van der Waals surface area contributed by atoms with Crippen LogP contribution in [0.15, 0.2) is 42.6 Å². The molecule has 3 rings (SSSR count). The maximum Gasteiger partial charge on any atom is 0.123 e. The fraction of sp³-hybridized carbons (Fsp3) is 0.389. The SMILES string of the molecule is Cc1ccc(C(c2ccc(F)cc2)N2CCCNCC2)nc1. The van der Waals surface area contributed by atoms with Gasteiger partial charge in [-0.2, -0.15) is 0 Å². The molecule has 22 heavy (non-hydrogen) atoms. The summed E-state index contributed by atoms with van der Waals surface area (Å²) >= 11 is 0. The first-order chi connectivity index (χ1) is 10.7. The number of benzene rings is 1. The standard InChI is InChI=1S/C18H22FN3/c1-14-3-8-17(21-13-14)18(15-4-6-16(19)7-5-15)22-11-2-9-20-10-12-22/h3-8,13,18,20H,2,9-12H2,1H3. The monoisotopic (exact) mass is 299 g/mol. The molecule has 1 N–H and O–H groups in total. The largest absolute Gasteiger partial charge is 0.315 e. The normalized spacial score (nSPS) is 17.9. The predicted molar refractivity (Wildman–Crippen MR) is 86.3 cm³/mol. The van der Waals surface area contributed by atoms with Gasteiger partial charge in [0.15, 0.2) is 0 Å². The molecule has 1 aliphatic heterocycles. The van der Waals surface area contributed by atoms with Gasteiger partial charge in [-0.05, 0) is 49.2 Å². The highest BCUT2D eigenvalue weighted by Crippen LogP contribution is 2.28. The van der Waals surface area contributed by atoms with Gasteiger partial charge in [0.2, 0.25) is 0 Å². The van der Waals surface area contributed by atoms with Crippen LogP contribution in [-0.2, 0) is 0 Å². The molecule has 116 valence electrons. The zero-order chi connectivity index (χ0) is 15.4. The Balaban J connectivity index is 1.96. The Labute approximate surface area is 131 Å². The van der Waals surface area contributed by atoms with Gasteiger partial charge in [-0.3, -0.25) is 9.88 Å². The van der Waals surface area contributed by atoms with Crippen molar-refractivity contribution < 1.29 is 4.39 Å². The molecule has 0 bridgehead atoms. The van der Waals surface area contributed by atoms with Gasteiger partial charge in [0.05, 0.1) is 11.7 Å². The minimum absolute atomic E-state index is 0.0844. The summed E-state index contributed by atoms with van der Waals surface area (Å²) in [5.41, 5.74) is 3.28. The van der Waals surface area contributed by atoms with Crippen molar-refractivity contribution in [1.29, 1.82) is 0 Å². The number of nitrogens with one attached hydrogen (secondary N) is 1. The summed E-state index contributed by atoms with van der Waals surface area (Å²) in [6.45, 7) is 6.05. The second-order valence-electron chi connectivity index (χ2n) is 5.85. The molecule has 1 atom stereocenters. The topological polar surface area (TPSA) is 28.2 Å². The Morgan fingerprint density at radius 1 is 1.09 bits per heavy atom. The van der Waals surface area contributed by atoms with Crippen molar-refractivity contribution in [2.45, 2.75) is 19.4 Å². The van der Waals surface area contributed by atoms with Crippen molar-refractivity contribution in [3.8, 4) is 0 Å². The Morgan fingerprint density at radius 2 is 1.91 bits per heavy atom. The lowest BCUT2D eigenvalue weighted by molar-refractivity contribution is 0.237. The molecular weight excluding hydrogens is 277 g/mol. The first kappa shape index (κ1) is 15.1. The van der Waals surface area contributed by atoms with Crippen LogP contribution >= 0.6 is 0 Å². The Hall–Kier alpha value is -1.78. The molecule has 2 heterocycles. The number of nitrogens with zero attached hydrogens (tertiary/aromatic N) is 2. The molecule has 0 amide bonds. The number of aryl methyl sites for hydroxylation is 1. The molecule has 0 radical (unpaired) electrons. The molecule has 1 saturated heterocycles. The fourth-order valence-electron chi connectivity index (χ4n) is 2.98. The van der Waals surface area contributed by atoms with Gasteiger partial charge >= 0.3 is 0 Å². The van der Waals surface area contributed by atoms with E-state index < -0.39 is 0 Å². The number of halogens is 1. The van der Waals surface area contributed by atoms with Crippen LogP contribution in [0.3, 0.4) is 0 Å². The molecule has 0 spiro atoms. The number of rotatable bonds is 3. The molecular formula is C18H22FN3. The first-order valence-corrected chi connectivity index (χ1v) is 7.87. The van der Waals surface area contributed by atoms with E-state index in [4.69, 9.17) is 0 Å². The minimum Gasteiger partial charge on any atom is -0.315 e. The van der Waals surface area contributed by atoms with Crippen molar-refractivity contribution in [3.63, 3.8) is 0 Å². The Bertz CT molecular complexity index is 541. The quantitative estimate of drug-likeness (QED) is 0.944. The van der Waals surface area contributed by atoms with Gasteiger partial charge in [0.25, 0.3) is 0 Å². The highest BCUT2D eigenvalue weighted by Gasteiger charge is 2.24. The van der Waals surface area contributed by atoms with Crippen LogP contribution < -0.4 is 5.32 Å². The van der Waals surface area contributed by atoms with Gasteiger partial charge in [0, 0.05) is 25.8 Å². The maximum atomic E-state index is 13.3. The summed E-state index contributed by atoms with van der Waals surface area (Å²) in [7, 11) is 0. The van der Waals surface area contributed by atoms with E-state index in [1.807, 2.05) is 25.3 Å². The van der Waals surface area contributed by atoms with E-state index in [0.29, 0.717) is 0 Å². The van der Waals surface area contributed by atoms with Crippen molar-refractivity contribution in [1.82, 2.24) is 15.2 Å². The van der Waals surface area contributed by atoms with Crippen LogP contribution in [0.25, 0.3) is 0 Å². The van der Waals surface area contributed by atoms with Crippen molar-refractivity contribution in [3.05, 3.63) is 65.2 Å². The lowest BCUT2D eigenvalue weighted by Gasteiger charge is -2.30. The van der Waals surface area contributed by atoms with Crippen LogP contribution in [-0.4, -0.2) is 36.1 Å². The second-order valence-corrected chi connectivity index (χ2v) is 5.85. The lowest BCUT2D eigenvalue weighted by Crippen LogP contribution is -2.33. The smallest absolute Gasteiger partial charge is 0.123 e. The summed E-state index contributed by atoms with van der Waals surface area (Å²) in [5.74, 6) is -0.197. The van der Waals surface area contributed by atoms with E-state index in [0.717, 1.165) is 49.4 Å². The van der Waals surface area contributed by atoms with Crippen LogP contribution in [0.5, 0.6) is 0 Å². The van der Waals surface area contributed by atoms with Gasteiger partial charge < -0.3 is 5.32 Å². The van der Waals surface area contributed by atoms with E-state index in [1.54, 1.807) is 0 Å². The van der Waals surface area contributed by atoms with Gasteiger partial charge in [-0.1, -0.05) is 18.2 Å². The third kappa shape index (κ3) is 3.51. The van der Waals surface area contributed by atoms with Crippen molar-refractivity contribution in [2.24, 2.45) is 0 Å². The summed E-state index contributed by atoms with van der Waals surface area (Å²) in [6, 6.07) is 11.1. The van der Waals surface area contributed by atoms with E-state index in [1.165, 1.54) is 12.1 Å². The summed E-state index contributed by atoms with van der Waals surface area (Å²) in [4.78, 5) is 7.06. The third-order valence-corrected chi connectivity index (χ3v) is 4.14. The van der Waals surface area contributed by atoms with E-state index >= 15 is 0 Å². The zero-order valence-electron chi connectivity index (χ0n) is 12.9. The molecule has 4 heteroatoms. The number of aromatic nitrogens is 1. The summed E-state index contributed by atoms with van der Waals surface area (Å²) in [5, 5.41) is 3.43. The van der Waals surface area contributed by atoms with Crippen LogP contribution in [0.1, 0.15) is 29.3 Å². The molecule has 1 fully saturated rings. The summed E-state index contributed by atoms with van der Waals surface area (Å²) in [6.07, 6.45) is 3.02. The van der Waals surface area contributed by atoms with E-state index in [-0.39, 0.29) is 11.9 Å². The number of hydrogen-bond donors (Lipinski definition) is 1. The minimum atomic E-state index is -0.197. The second kappa shape index (κ2) is 6.99. The summed E-state index contributed by atoms with van der Waals surface area (Å²) < 4.78 is 13.3. The maximum absolute atomic E-state index is 13.3. The molecule has 1 aliphatic rings. The highest BCUT2D eigenvalue weighted by molar-refractivity contribution is 5.29. The zero-order valence-corrected chi connectivity index (χ0v) is 12.9. The molecule has 0 saturated carbocycles. The molecule has 0 aliphatic carbocycles. The van der Waals surface area contributed by atoms with Gasteiger partial charge in [-0.15, -0.1) is 0 Å². The molecule has 1 aromatic heterocycles. The number of pyridine rings is 1. The van der Waals surface area contributed by atoms with Crippen LogP contribution in [0.2, 0.25) is 0 Å². The third-order valence-electron chi connectivity index (χ3n) is 4.14. The van der Waals surface area contributed by atoms with Crippen molar-refractivity contribution >= 4 is 0 Å². The fourth-order valence-corrected chi connectivity index (χ4v) is 2.98. The van der Waals surface area contributed by atoms with Crippen LogP contribution in [0, 0.1) is 12.7 Å². The number of hydrogen-bond acceptors (Lipinski definition) is 3. The van der Waals surface area contributed by atoms with Gasteiger partial charge in [-0.25, -0.2) is 4.39 Å². The predicted octanol–water partition coefficient (Wildman–Crippen LogP) is 2.91. The molecule has 3 nitrogen and oxygen atoms in total. The van der Waals surface area contributed by atoms with Crippen molar-refractivity contribution in [2.75, 3.05) is 26.2 Å². The van der Waals surface area contributed by atoms with Gasteiger partial charge in [0.1, 0.15) is 5.82 Å². The molecule has 1 unspecified atom stereocenters. The highest BCUT2D eigenvalue weighted by atomic mass is 19.1. The molecule has 2 aromatic rings. The molecule has 1 aromatic carbocycles. The first-order valence-electron chi connectivity index (χ1n) is 7.87. The van der Waals surface area contributed by atoms with Crippen LogP contribution in [0.4, 0.5) is 4.39 Å². The lowest BCUT2D eigenvalue weighted by atomic mass is 10.0.